The highest BCUT2D eigenvalue weighted by atomic mass is 16.4. The first-order chi connectivity index (χ1) is 6.02. The highest BCUT2D eigenvalue weighted by molar-refractivity contribution is 5.34. The second-order valence-electron chi connectivity index (χ2n) is 3.81. The topological polar surface area (TPSA) is 29.3 Å². The molecule has 3 nitrogen and oxygen atoms in total. The first-order valence-corrected chi connectivity index (χ1v) is 4.73. The molecule has 0 spiro atoms. The van der Waals surface area contributed by atoms with Crippen molar-refractivity contribution in [1.82, 2.24) is 4.98 Å². The summed E-state index contributed by atoms with van der Waals surface area (Å²) in [6.07, 6.45) is 1.79. The number of anilines is 1. The Bertz CT molecular complexity index is 258. The van der Waals surface area contributed by atoms with Gasteiger partial charge in [-0.05, 0) is 27.7 Å². The molecule has 74 valence electrons. The van der Waals surface area contributed by atoms with Crippen LogP contribution in [0.1, 0.15) is 33.6 Å². The molecule has 0 bridgehead atoms. The first kappa shape index (κ1) is 10.1. The van der Waals surface area contributed by atoms with Crippen molar-refractivity contribution < 1.29 is 4.42 Å². The molecule has 0 aromatic carbocycles. The van der Waals surface area contributed by atoms with Crippen molar-refractivity contribution in [1.29, 1.82) is 0 Å². The minimum absolute atomic E-state index is 0.437. The van der Waals surface area contributed by atoms with E-state index in [4.69, 9.17) is 4.42 Å². The second kappa shape index (κ2) is 3.81. The predicted molar refractivity (Wildman–Crippen MR) is 54.0 cm³/mol. The Balaban J connectivity index is 2.88. The van der Waals surface area contributed by atoms with Crippen molar-refractivity contribution in [2.45, 2.75) is 46.7 Å². The van der Waals surface area contributed by atoms with Crippen LogP contribution >= 0.6 is 0 Å². The average molecular weight is 182 g/mol. The van der Waals surface area contributed by atoms with Crippen molar-refractivity contribution in [3.05, 3.63) is 12.1 Å². The minimum Gasteiger partial charge on any atom is -0.425 e. The van der Waals surface area contributed by atoms with Crippen molar-refractivity contribution in [3.8, 4) is 0 Å². The monoisotopic (exact) mass is 182 g/mol. The number of aromatic nitrogens is 1. The molecular formula is C10H18N2O. The van der Waals surface area contributed by atoms with Gasteiger partial charge < -0.3 is 9.32 Å². The summed E-state index contributed by atoms with van der Waals surface area (Å²) in [7, 11) is 0. The molecule has 0 fully saturated rings. The van der Waals surface area contributed by atoms with E-state index in [1.54, 1.807) is 6.20 Å². The van der Waals surface area contributed by atoms with E-state index in [0.29, 0.717) is 12.1 Å². The number of hydrogen-bond donors (Lipinski definition) is 0. The normalized spacial score (nSPS) is 11.3. The lowest BCUT2D eigenvalue weighted by molar-refractivity contribution is 0.473. The van der Waals surface area contributed by atoms with Crippen molar-refractivity contribution in [3.63, 3.8) is 0 Å². The maximum atomic E-state index is 5.48. The van der Waals surface area contributed by atoms with E-state index in [0.717, 1.165) is 11.8 Å². The van der Waals surface area contributed by atoms with Gasteiger partial charge in [-0.2, -0.15) is 0 Å². The molecule has 0 aliphatic rings. The summed E-state index contributed by atoms with van der Waals surface area (Å²) in [6, 6.07) is 0.875. The van der Waals surface area contributed by atoms with Gasteiger partial charge in [0, 0.05) is 19.0 Å². The fourth-order valence-electron chi connectivity index (χ4n) is 1.57. The Morgan fingerprint density at radius 1 is 1.23 bits per heavy atom. The second-order valence-corrected chi connectivity index (χ2v) is 3.81. The van der Waals surface area contributed by atoms with Gasteiger partial charge in [0.2, 0.25) is 5.88 Å². The Morgan fingerprint density at radius 2 is 1.77 bits per heavy atom. The third kappa shape index (κ3) is 2.23. The molecule has 0 N–H and O–H groups in total. The molecule has 1 rings (SSSR count). The SMILES string of the molecule is Cc1ncc(N(C(C)C)C(C)C)o1. The molecule has 1 aromatic rings. The van der Waals surface area contributed by atoms with Crippen molar-refractivity contribution in [2.24, 2.45) is 0 Å². The van der Waals surface area contributed by atoms with Gasteiger partial charge in [0.15, 0.2) is 5.89 Å². The van der Waals surface area contributed by atoms with E-state index in [9.17, 15) is 0 Å². The molecule has 0 saturated carbocycles. The van der Waals surface area contributed by atoms with E-state index in [-0.39, 0.29) is 0 Å². The van der Waals surface area contributed by atoms with Crippen LogP contribution in [0, 0.1) is 6.92 Å². The summed E-state index contributed by atoms with van der Waals surface area (Å²) >= 11 is 0. The molecule has 3 heteroatoms. The number of hydrogen-bond acceptors (Lipinski definition) is 3. The van der Waals surface area contributed by atoms with Crippen LogP contribution in [0.25, 0.3) is 0 Å². The summed E-state index contributed by atoms with van der Waals surface area (Å²) < 4.78 is 5.48. The Morgan fingerprint density at radius 3 is 2.08 bits per heavy atom. The average Bonchev–Trinajstić information content (AvgIpc) is 2.34. The molecule has 0 aliphatic carbocycles. The van der Waals surface area contributed by atoms with Crippen LogP contribution in [-0.2, 0) is 0 Å². The van der Waals surface area contributed by atoms with Crippen LogP contribution in [0.3, 0.4) is 0 Å². The van der Waals surface area contributed by atoms with Crippen LogP contribution in [0.2, 0.25) is 0 Å². The van der Waals surface area contributed by atoms with Gasteiger partial charge in [-0.1, -0.05) is 0 Å². The summed E-state index contributed by atoms with van der Waals surface area (Å²) in [5.41, 5.74) is 0. The highest BCUT2D eigenvalue weighted by Gasteiger charge is 2.17. The lowest BCUT2D eigenvalue weighted by atomic mass is 10.2. The van der Waals surface area contributed by atoms with Gasteiger partial charge in [0.25, 0.3) is 0 Å². The lowest BCUT2D eigenvalue weighted by Crippen LogP contribution is -2.36. The third-order valence-electron chi connectivity index (χ3n) is 1.98. The number of aryl methyl sites for hydroxylation is 1. The van der Waals surface area contributed by atoms with Gasteiger partial charge in [-0.3, -0.25) is 0 Å². The van der Waals surface area contributed by atoms with Crippen LogP contribution in [0.15, 0.2) is 10.6 Å². The standard InChI is InChI=1S/C10H18N2O/c1-7(2)12(8(3)4)10-6-11-9(5)13-10/h6-8H,1-5H3. The van der Waals surface area contributed by atoms with Gasteiger partial charge in [0.05, 0.1) is 6.20 Å². The Labute approximate surface area is 79.8 Å². The molecule has 0 unspecified atom stereocenters. The molecule has 0 amide bonds. The molecule has 0 saturated heterocycles. The quantitative estimate of drug-likeness (QED) is 0.719. The van der Waals surface area contributed by atoms with E-state index < -0.39 is 0 Å². The van der Waals surface area contributed by atoms with Crippen molar-refractivity contribution in [2.75, 3.05) is 4.90 Å². The maximum absolute atomic E-state index is 5.48. The molecular weight excluding hydrogens is 164 g/mol. The van der Waals surface area contributed by atoms with Crippen LogP contribution in [0.4, 0.5) is 5.88 Å². The van der Waals surface area contributed by atoms with Gasteiger partial charge in [-0.25, -0.2) is 4.98 Å². The van der Waals surface area contributed by atoms with E-state index in [2.05, 4.69) is 37.6 Å². The summed E-state index contributed by atoms with van der Waals surface area (Å²) in [5.74, 6) is 1.59. The van der Waals surface area contributed by atoms with Crippen LogP contribution in [0.5, 0.6) is 0 Å². The van der Waals surface area contributed by atoms with E-state index in [1.165, 1.54) is 0 Å². The van der Waals surface area contributed by atoms with Gasteiger partial charge >= 0.3 is 0 Å². The van der Waals surface area contributed by atoms with Crippen LogP contribution in [-0.4, -0.2) is 17.1 Å². The van der Waals surface area contributed by atoms with Crippen molar-refractivity contribution >= 4 is 5.88 Å². The molecule has 0 atom stereocenters. The van der Waals surface area contributed by atoms with E-state index in [1.807, 2.05) is 6.92 Å². The summed E-state index contributed by atoms with van der Waals surface area (Å²) in [4.78, 5) is 6.30. The fraction of sp³-hybridized carbons (Fsp3) is 0.700. The van der Waals surface area contributed by atoms with Gasteiger partial charge in [0.1, 0.15) is 0 Å². The maximum Gasteiger partial charge on any atom is 0.216 e. The summed E-state index contributed by atoms with van der Waals surface area (Å²) in [5, 5.41) is 0. The number of nitrogens with zero attached hydrogens (tertiary/aromatic N) is 2. The molecule has 0 aliphatic heterocycles. The third-order valence-corrected chi connectivity index (χ3v) is 1.98. The molecule has 13 heavy (non-hydrogen) atoms. The molecule has 0 radical (unpaired) electrons. The Kier molecular flexibility index (Phi) is 2.96. The smallest absolute Gasteiger partial charge is 0.216 e. The largest absolute Gasteiger partial charge is 0.425 e. The zero-order valence-electron chi connectivity index (χ0n) is 9.03. The fourth-order valence-corrected chi connectivity index (χ4v) is 1.57. The highest BCUT2D eigenvalue weighted by Crippen LogP contribution is 2.20. The Hall–Kier alpha value is -0.990. The zero-order valence-corrected chi connectivity index (χ0v) is 9.03. The van der Waals surface area contributed by atoms with Crippen LogP contribution < -0.4 is 4.90 Å². The van der Waals surface area contributed by atoms with E-state index >= 15 is 0 Å². The lowest BCUT2D eigenvalue weighted by Gasteiger charge is -2.29. The number of oxazole rings is 1. The zero-order chi connectivity index (χ0) is 10.0. The first-order valence-electron chi connectivity index (χ1n) is 4.73. The number of rotatable bonds is 3. The minimum atomic E-state index is 0.437. The summed E-state index contributed by atoms with van der Waals surface area (Å²) in [6.45, 7) is 10.5. The molecule has 1 aromatic heterocycles. The van der Waals surface area contributed by atoms with Gasteiger partial charge in [-0.15, -0.1) is 0 Å². The predicted octanol–water partition coefficient (Wildman–Crippen LogP) is 2.61. The molecule has 1 heterocycles.